The summed E-state index contributed by atoms with van der Waals surface area (Å²) in [6, 6.07) is 0. The van der Waals surface area contributed by atoms with Crippen LogP contribution in [0.4, 0.5) is 0 Å². The van der Waals surface area contributed by atoms with Crippen molar-refractivity contribution in [2.45, 2.75) is 38.5 Å². The molecule has 0 heterocycles. The number of carboxylic acids is 2. The molecule has 2 aliphatic rings. The van der Waals surface area contributed by atoms with Gasteiger partial charge in [0, 0.05) is 0 Å². The van der Waals surface area contributed by atoms with Gasteiger partial charge in [-0.1, -0.05) is 25.7 Å². The van der Waals surface area contributed by atoms with Crippen LogP contribution in [0.3, 0.4) is 0 Å². The fourth-order valence-electron chi connectivity index (χ4n) is 3.24. The Hall–Kier alpha value is -1.06. The number of aliphatic carboxylic acids is 2. The molecule has 4 nitrogen and oxygen atoms in total. The van der Waals surface area contributed by atoms with E-state index in [2.05, 4.69) is 0 Å². The number of rotatable bonds is 2. The number of hydrogen-bond acceptors (Lipinski definition) is 2. The molecule has 0 saturated heterocycles. The van der Waals surface area contributed by atoms with Gasteiger partial charge in [0.05, 0.1) is 0 Å². The molecular weight excluding hydrogens is 196 g/mol. The summed E-state index contributed by atoms with van der Waals surface area (Å²) < 4.78 is 0. The average molecular weight is 212 g/mol. The van der Waals surface area contributed by atoms with E-state index < -0.39 is 17.4 Å². The highest BCUT2D eigenvalue weighted by Gasteiger charge is 2.55. The van der Waals surface area contributed by atoms with Crippen LogP contribution in [0.25, 0.3) is 0 Å². The molecule has 0 bridgehead atoms. The van der Waals surface area contributed by atoms with Crippen LogP contribution in [-0.2, 0) is 9.59 Å². The van der Waals surface area contributed by atoms with E-state index in [1.54, 1.807) is 0 Å². The Morgan fingerprint density at radius 2 is 1.33 bits per heavy atom. The first kappa shape index (κ1) is 10.5. The van der Waals surface area contributed by atoms with E-state index in [-0.39, 0.29) is 0 Å². The van der Waals surface area contributed by atoms with Gasteiger partial charge in [-0.15, -0.1) is 0 Å². The van der Waals surface area contributed by atoms with E-state index >= 15 is 0 Å². The van der Waals surface area contributed by atoms with Gasteiger partial charge in [-0.2, -0.15) is 0 Å². The molecule has 84 valence electrons. The van der Waals surface area contributed by atoms with Crippen LogP contribution in [0, 0.1) is 17.3 Å². The highest BCUT2D eigenvalue weighted by molar-refractivity contribution is 5.98. The van der Waals surface area contributed by atoms with E-state index in [1.165, 1.54) is 0 Å². The summed E-state index contributed by atoms with van der Waals surface area (Å²) >= 11 is 0. The zero-order valence-corrected chi connectivity index (χ0v) is 8.61. The monoisotopic (exact) mass is 212 g/mol. The Kier molecular flexibility index (Phi) is 2.44. The van der Waals surface area contributed by atoms with Gasteiger partial charge in [-0.25, -0.2) is 0 Å². The Morgan fingerprint density at radius 1 is 0.933 bits per heavy atom. The minimum Gasteiger partial charge on any atom is -0.480 e. The Labute approximate surface area is 88.3 Å². The van der Waals surface area contributed by atoms with Gasteiger partial charge in [0.1, 0.15) is 0 Å². The smallest absolute Gasteiger partial charge is 0.321 e. The van der Waals surface area contributed by atoms with Crippen LogP contribution in [-0.4, -0.2) is 22.2 Å². The topological polar surface area (TPSA) is 74.6 Å². The second-order valence-corrected chi connectivity index (χ2v) is 4.91. The molecule has 15 heavy (non-hydrogen) atoms. The molecule has 4 heteroatoms. The Morgan fingerprint density at radius 3 is 1.67 bits per heavy atom. The molecule has 2 N–H and O–H groups in total. The van der Waals surface area contributed by atoms with Crippen LogP contribution >= 0.6 is 0 Å². The zero-order valence-electron chi connectivity index (χ0n) is 8.61. The van der Waals surface area contributed by atoms with Crippen molar-refractivity contribution in [1.82, 2.24) is 0 Å². The fourth-order valence-corrected chi connectivity index (χ4v) is 3.24. The standard InChI is InChI=1S/C11H16O4/c12-9(13)11(10(14)15)5-7-3-1-2-4-8(7)6-11/h7-8H,1-6H2,(H,12,13)(H,14,15). The Balaban J connectivity index is 2.23. The third-order valence-electron chi connectivity index (χ3n) is 4.11. The third kappa shape index (κ3) is 1.52. The molecule has 0 aromatic rings. The first-order valence-electron chi connectivity index (χ1n) is 5.53. The summed E-state index contributed by atoms with van der Waals surface area (Å²) in [6.07, 6.45) is 4.93. The van der Waals surface area contributed by atoms with Crippen molar-refractivity contribution < 1.29 is 19.8 Å². The second-order valence-electron chi connectivity index (χ2n) is 4.91. The lowest BCUT2D eigenvalue weighted by Gasteiger charge is -2.23. The molecule has 2 atom stereocenters. The van der Waals surface area contributed by atoms with Crippen LogP contribution in [0.15, 0.2) is 0 Å². The maximum absolute atomic E-state index is 11.1. The van der Waals surface area contributed by atoms with E-state index in [0.29, 0.717) is 24.7 Å². The number of fused-ring (bicyclic) bond motifs is 1. The minimum atomic E-state index is -1.49. The summed E-state index contributed by atoms with van der Waals surface area (Å²) in [6.45, 7) is 0. The SMILES string of the molecule is O=C(O)C1(C(=O)O)CC2CCCCC2C1. The minimum absolute atomic E-state index is 0.325. The van der Waals surface area contributed by atoms with Gasteiger partial charge in [-0.05, 0) is 24.7 Å². The number of hydrogen-bond donors (Lipinski definition) is 2. The van der Waals surface area contributed by atoms with Crippen molar-refractivity contribution in [1.29, 1.82) is 0 Å². The highest BCUT2D eigenvalue weighted by atomic mass is 16.4. The third-order valence-corrected chi connectivity index (χ3v) is 4.11. The van der Waals surface area contributed by atoms with E-state index in [1.807, 2.05) is 0 Å². The van der Waals surface area contributed by atoms with Crippen LogP contribution < -0.4 is 0 Å². The predicted molar refractivity (Wildman–Crippen MR) is 52.4 cm³/mol. The molecule has 0 spiro atoms. The maximum atomic E-state index is 11.1. The first-order chi connectivity index (χ1) is 7.06. The summed E-state index contributed by atoms with van der Waals surface area (Å²) in [5.41, 5.74) is -1.49. The highest BCUT2D eigenvalue weighted by Crippen LogP contribution is 2.51. The quantitative estimate of drug-likeness (QED) is 0.684. The van der Waals surface area contributed by atoms with Crippen molar-refractivity contribution in [2.75, 3.05) is 0 Å². The van der Waals surface area contributed by atoms with E-state index in [0.717, 1.165) is 25.7 Å². The first-order valence-corrected chi connectivity index (χ1v) is 5.53. The van der Waals surface area contributed by atoms with E-state index in [9.17, 15) is 9.59 Å². The average Bonchev–Trinajstić information content (AvgIpc) is 2.57. The lowest BCUT2D eigenvalue weighted by Crippen LogP contribution is -2.37. The van der Waals surface area contributed by atoms with Crippen molar-refractivity contribution in [3.8, 4) is 0 Å². The summed E-state index contributed by atoms with van der Waals surface area (Å²) in [7, 11) is 0. The normalized spacial score (nSPS) is 33.3. The van der Waals surface area contributed by atoms with Crippen LogP contribution in [0.5, 0.6) is 0 Å². The van der Waals surface area contributed by atoms with Crippen molar-refractivity contribution in [2.24, 2.45) is 17.3 Å². The zero-order chi connectivity index (χ0) is 11.1. The number of carbonyl (C=O) groups is 2. The lowest BCUT2D eigenvalue weighted by atomic mass is 9.82. The molecule has 2 unspecified atom stereocenters. The molecule has 2 fully saturated rings. The van der Waals surface area contributed by atoms with E-state index in [4.69, 9.17) is 10.2 Å². The summed E-state index contributed by atoms with van der Waals surface area (Å²) in [5.74, 6) is -1.65. The van der Waals surface area contributed by atoms with Crippen molar-refractivity contribution in [3.05, 3.63) is 0 Å². The molecule has 0 radical (unpaired) electrons. The van der Waals surface area contributed by atoms with Crippen LogP contribution in [0.1, 0.15) is 38.5 Å². The Bertz CT molecular complexity index is 267. The summed E-state index contributed by atoms with van der Waals surface area (Å²) in [4.78, 5) is 22.3. The molecule has 0 aromatic carbocycles. The van der Waals surface area contributed by atoms with Crippen molar-refractivity contribution >= 4 is 11.9 Å². The molecule has 0 aromatic heterocycles. The van der Waals surface area contributed by atoms with Crippen LogP contribution in [0.2, 0.25) is 0 Å². The lowest BCUT2D eigenvalue weighted by molar-refractivity contribution is -0.164. The van der Waals surface area contributed by atoms with Gasteiger partial charge in [0.25, 0.3) is 0 Å². The fraction of sp³-hybridized carbons (Fsp3) is 0.818. The second kappa shape index (κ2) is 3.51. The predicted octanol–water partition coefficient (Wildman–Crippen LogP) is 1.74. The molecule has 0 aliphatic heterocycles. The largest absolute Gasteiger partial charge is 0.480 e. The van der Waals surface area contributed by atoms with Gasteiger partial charge in [-0.3, -0.25) is 9.59 Å². The van der Waals surface area contributed by atoms with Gasteiger partial charge in [0.15, 0.2) is 5.41 Å². The van der Waals surface area contributed by atoms with Gasteiger partial charge >= 0.3 is 11.9 Å². The molecule has 2 aliphatic carbocycles. The van der Waals surface area contributed by atoms with Gasteiger partial charge in [0.2, 0.25) is 0 Å². The van der Waals surface area contributed by atoms with Crippen molar-refractivity contribution in [3.63, 3.8) is 0 Å². The summed E-state index contributed by atoms with van der Waals surface area (Å²) in [5, 5.41) is 18.2. The maximum Gasteiger partial charge on any atom is 0.321 e. The molecule has 0 amide bonds. The molecular formula is C11H16O4. The molecule has 2 saturated carbocycles. The van der Waals surface area contributed by atoms with Gasteiger partial charge < -0.3 is 10.2 Å². The number of carboxylic acid groups (broad SMARTS) is 2. The molecule has 2 rings (SSSR count).